The van der Waals surface area contributed by atoms with Crippen LogP contribution in [0.5, 0.6) is 0 Å². The molecule has 0 unspecified atom stereocenters. The first-order valence-corrected chi connectivity index (χ1v) is 7.38. The second-order valence-corrected chi connectivity index (χ2v) is 5.72. The summed E-state index contributed by atoms with van der Waals surface area (Å²) in [5, 5.41) is 3.89. The summed E-state index contributed by atoms with van der Waals surface area (Å²) in [4.78, 5) is 2.37. The van der Waals surface area contributed by atoms with Crippen molar-refractivity contribution in [2.24, 2.45) is 0 Å². The maximum Gasteiger partial charge on any atom is 0.142 e. The number of nitrogens with one attached hydrogen (secondary N) is 1. The third-order valence-electron chi connectivity index (χ3n) is 4.23. The van der Waals surface area contributed by atoms with Crippen molar-refractivity contribution in [2.75, 3.05) is 19.6 Å². The lowest BCUT2D eigenvalue weighted by Gasteiger charge is -2.43. The van der Waals surface area contributed by atoms with Crippen LogP contribution in [-0.2, 0) is 6.54 Å². The molecule has 0 spiro atoms. The summed E-state index contributed by atoms with van der Waals surface area (Å²) < 4.78 is 13.5. The number of benzene rings is 1. The van der Waals surface area contributed by atoms with E-state index in [4.69, 9.17) is 11.6 Å². The predicted molar refractivity (Wildman–Crippen MR) is 78.0 cm³/mol. The van der Waals surface area contributed by atoms with E-state index in [0.717, 1.165) is 44.6 Å². The zero-order valence-corrected chi connectivity index (χ0v) is 12.4. The van der Waals surface area contributed by atoms with Crippen molar-refractivity contribution in [1.82, 2.24) is 10.2 Å². The molecule has 0 saturated carbocycles. The maximum atomic E-state index is 13.5. The number of rotatable bonds is 4. The van der Waals surface area contributed by atoms with Gasteiger partial charge in [0.1, 0.15) is 5.82 Å². The summed E-state index contributed by atoms with van der Waals surface area (Å²) in [6, 6.07) is 5.05. The molecule has 0 radical (unpaired) electrons. The highest BCUT2D eigenvalue weighted by atomic mass is 35.5. The molecule has 1 saturated heterocycles. The van der Waals surface area contributed by atoms with Crippen molar-refractivity contribution < 1.29 is 4.39 Å². The molecule has 0 aromatic heterocycles. The Hall–Kier alpha value is -0.640. The minimum Gasteiger partial charge on any atom is -0.309 e. The van der Waals surface area contributed by atoms with Crippen LogP contribution in [0.3, 0.4) is 0 Å². The van der Waals surface area contributed by atoms with Gasteiger partial charge in [0.15, 0.2) is 0 Å². The standard InChI is InChI=1S/C15H22ClFN2/c1-3-15(4-2)11-19(9-8-18-15)10-12-6-5-7-13(17)14(12)16/h5-7,18H,3-4,8-11H2,1-2H3. The van der Waals surface area contributed by atoms with Gasteiger partial charge in [-0.2, -0.15) is 0 Å². The Morgan fingerprint density at radius 2 is 2.11 bits per heavy atom. The second kappa shape index (κ2) is 6.21. The van der Waals surface area contributed by atoms with E-state index in [1.54, 1.807) is 6.07 Å². The smallest absolute Gasteiger partial charge is 0.142 e. The van der Waals surface area contributed by atoms with E-state index in [2.05, 4.69) is 24.1 Å². The van der Waals surface area contributed by atoms with E-state index >= 15 is 0 Å². The summed E-state index contributed by atoms with van der Waals surface area (Å²) in [5.41, 5.74) is 1.07. The lowest BCUT2D eigenvalue weighted by Crippen LogP contribution is -2.59. The third-order valence-corrected chi connectivity index (χ3v) is 4.66. The van der Waals surface area contributed by atoms with Gasteiger partial charge >= 0.3 is 0 Å². The molecule has 1 aromatic rings. The zero-order valence-electron chi connectivity index (χ0n) is 11.7. The highest BCUT2D eigenvalue weighted by molar-refractivity contribution is 6.31. The molecule has 2 nitrogen and oxygen atoms in total. The van der Waals surface area contributed by atoms with Gasteiger partial charge in [0.05, 0.1) is 5.02 Å². The topological polar surface area (TPSA) is 15.3 Å². The van der Waals surface area contributed by atoms with Crippen LogP contribution in [0.1, 0.15) is 32.3 Å². The number of piperazine rings is 1. The Morgan fingerprint density at radius 3 is 2.79 bits per heavy atom. The van der Waals surface area contributed by atoms with Crippen molar-refractivity contribution in [2.45, 2.75) is 38.8 Å². The molecule has 0 atom stereocenters. The Kier molecular flexibility index (Phi) is 4.82. The van der Waals surface area contributed by atoms with Gasteiger partial charge in [0.25, 0.3) is 0 Å². The van der Waals surface area contributed by atoms with Crippen LogP contribution in [0.4, 0.5) is 4.39 Å². The summed E-state index contributed by atoms with van der Waals surface area (Å²) >= 11 is 6.03. The molecule has 1 N–H and O–H groups in total. The van der Waals surface area contributed by atoms with E-state index in [1.807, 2.05) is 6.07 Å². The lowest BCUT2D eigenvalue weighted by atomic mass is 9.90. The van der Waals surface area contributed by atoms with Gasteiger partial charge in [-0.1, -0.05) is 37.6 Å². The molecule has 19 heavy (non-hydrogen) atoms. The van der Waals surface area contributed by atoms with Crippen LogP contribution < -0.4 is 5.32 Å². The highest BCUT2D eigenvalue weighted by Crippen LogP contribution is 2.25. The molecule has 1 heterocycles. The molecular weight excluding hydrogens is 263 g/mol. The Labute approximate surface area is 119 Å². The van der Waals surface area contributed by atoms with Gasteiger partial charge in [-0.15, -0.1) is 0 Å². The SMILES string of the molecule is CCC1(CC)CN(Cc2cccc(F)c2Cl)CCN1. The summed E-state index contributed by atoms with van der Waals surface area (Å²) in [7, 11) is 0. The van der Waals surface area contributed by atoms with Crippen LogP contribution in [0.25, 0.3) is 0 Å². The van der Waals surface area contributed by atoms with Gasteiger partial charge in [-0.25, -0.2) is 4.39 Å². The summed E-state index contributed by atoms with van der Waals surface area (Å²) in [6.45, 7) is 8.11. The number of hydrogen-bond donors (Lipinski definition) is 1. The molecule has 4 heteroatoms. The first-order chi connectivity index (χ1) is 9.10. The van der Waals surface area contributed by atoms with Crippen molar-refractivity contribution in [3.8, 4) is 0 Å². The van der Waals surface area contributed by atoms with Gasteiger partial charge in [0, 0.05) is 31.7 Å². The molecule has 106 valence electrons. The lowest BCUT2D eigenvalue weighted by molar-refractivity contribution is 0.118. The van der Waals surface area contributed by atoms with E-state index in [9.17, 15) is 4.39 Å². The predicted octanol–water partition coefficient (Wildman–Crippen LogP) is 3.44. The van der Waals surface area contributed by atoms with E-state index in [1.165, 1.54) is 6.07 Å². The van der Waals surface area contributed by atoms with Crippen molar-refractivity contribution in [1.29, 1.82) is 0 Å². The second-order valence-electron chi connectivity index (χ2n) is 5.34. The fourth-order valence-corrected chi connectivity index (χ4v) is 3.00. The molecule has 1 fully saturated rings. The van der Waals surface area contributed by atoms with Gasteiger partial charge < -0.3 is 5.32 Å². The highest BCUT2D eigenvalue weighted by Gasteiger charge is 2.31. The zero-order chi connectivity index (χ0) is 13.9. The largest absolute Gasteiger partial charge is 0.309 e. The Bertz CT molecular complexity index is 432. The summed E-state index contributed by atoms with van der Waals surface area (Å²) in [5.74, 6) is -0.327. The molecule has 0 bridgehead atoms. The monoisotopic (exact) mass is 284 g/mol. The number of halogens is 2. The normalized spacial score (nSPS) is 19.6. The van der Waals surface area contributed by atoms with Crippen LogP contribution in [0, 0.1) is 5.82 Å². The van der Waals surface area contributed by atoms with Crippen molar-refractivity contribution >= 4 is 11.6 Å². The third kappa shape index (κ3) is 3.28. The fourth-order valence-electron chi connectivity index (χ4n) is 2.81. The molecule has 0 amide bonds. The number of nitrogens with zero attached hydrogens (tertiary/aromatic N) is 1. The minimum atomic E-state index is -0.327. The maximum absolute atomic E-state index is 13.5. The van der Waals surface area contributed by atoms with E-state index < -0.39 is 0 Å². The van der Waals surface area contributed by atoms with Crippen LogP contribution in [0.15, 0.2) is 18.2 Å². The Balaban J connectivity index is 2.09. The molecule has 1 aliphatic rings. The molecule has 2 rings (SSSR count). The van der Waals surface area contributed by atoms with Crippen molar-refractivity contribution in [3.63, 3.8) is 0 Å². The molecule has 0 aliphatic carbocycles. The average molecular weight is 285 g/mol. The van der Waals surface area contributed by atoms with Crippen molar-refractivity contribution in [3.05, 3.63) is 34.6 Å². The van der Waals surface area contributed by atoms with Gasteiger partial charge in [-0.3, -0.25) is 4.90 Å². The van der Waals surface area contributed by atoms with Crippen LogP contribution >= 0.6 is 11.6 Å². The van der Waals surface area contributed by atoms with E-state index in [0.29, 0.717) is 0 Å². The minimum absolute atomic E-state index is 0.193. The molecule has 1 aliphatic heterocycles. The number of hydrogen-bond acceptors (Lipinski definition) is 2. The van der Waals surface area contributed by atoms with Crippen LogP contribution in [0.2, 0.25) is 5.02 Å². The average Bonchev–Trinajstić information content (AvgIpc) is 2.44. The van der Waals surface area contributed by atoms with Crippen LogP contribution in [-0.4, -0.2) is 30.1 Å². The fraction of sp³-hybridized carbons (Fsp3) is 0.600. The van der Waals surface area contributed by atoms with E-state index in [-0.39, 0.29) is 16.4 Å². The first-order valence-electron chi connectivity index (χ1n) is 7.00. The Morgan fingerprint density at radius 1 is 1.37 bits per heavy atom. The van der Waals surface area contributed by atoms with Gasteiger partial charge in [0.2, 0.25) is 0 Å². The quantitative estimate of drug-likeness (QED) is 0.911. The molecule has 1 aromatic carbocycles. The van der Waals surface area contributed by atoms with Gasteiger partial charge in [-0.05, 0) is 24.5 Å². The molecular formula is C15H22ClFN2. The first kappa shape index (κ1) is 14.8. The summed E-state index contributed by atoms with van der Waals surface area (Å²) in [6.07, 6.45) is 2.22.